The summed E-state index contributed by atoms with van der Waals surface area (Å²) in [6.45, 7) is 2.02. The first-order valence-corrected chi connectivity index (χ1v) is 7.61. The highest BCUT2D eigenvalue weighted by Crippen LogP contribution is 2.34. The number of nitrogens with one attached hydrogen (secondary N) is 1. The van der Waals surface area contributed by atoms with E-state index in [4.69, 9.17) is 0 Å². The third-order valence-electron chi connectivity index (χ3n) is 2.94. The number of rotatable bonds is 2. The predicted octanol–water partition coefficient (Wildman–Crippen LogP) is 4.61. The second kappa shape index (κ2) is 5.10. The van der Waals surface area contributed by atoms with Crippen LogP contribution in [0.15, 0.2) is 28.7 Å². The van der Waals surface area contributed by atoms with E-state index in [-0.39, 0.29) is 5.82 Å². The van der Waals surface area contributed by atoms with Crippen LogP contribution in [0, 0.1) is 12.7 Å². The molecule has 1 N–H and O–H groups in total. The minimum Gasteiger partial charge on any atom is -0.372 e. The molecule has 0 unspecified atom stereocenters. The maximum absolute atomic E-state index is 14.1. The van der Waals surface area contributed by atoms with Crippen molar-refractivity contribution in [2.45, 2.75) is 6.92 Å². The normalized spacial score (nSPS) is 11.0. The first-order valence-electron chi connectivity index (χ1n) is 6.00. The van der Waals surface area contributed by atoms with Gasteiger partial charge in [-0.05, 0) is 41.1 Å². The van der Waals surface area contributed by atoms with E-state index in [1.165, 1.54) is 6.07 Å². The quantitative estimate of drug-likeness (QED) is 0.732. The van der Waals surface area contributed by atoms with Crippen molar-refractivity contribution in [3.63, 3.8) is 0 Å². The maximum atomic E-state index is 14.1. The molecule has 3 rings (SSSR count). The van der Waals surface area contributed by atoms with Crippen molar-refractivity contribution in [1.82, 2.24) is 9.97 Å². The van der Waals surface area contributed by atoms with Crippen molar-refractivity contribution in [3.8, 4) is 11.4 Å². The van der Waals surface area contributed by atoms with Gasteiger partial charge in [-0.25, -0.2) is 14.4 Å². The van der Waals surface area contributed by atoms with Crippen molar-refractivity contribution in [1.29, 1.82) is 0 Å². The smallest absolute Gasteiger partial charge is 0.167 e. The molecule has 102 valence electrons. The van der Waals surface area contributed by atoms with Crippen molar-refractivity contribution >= 4 is 43.3 Å². The molecule has 2 aromatic heterocycles. The number of nitrogens with zero attached hydrogens (tertiary/aromatic N) is 2. The molecule has 3 nitrogen and oxygen atoms in total. The number of aromatic nitrogens is 2. The molecule has 0 fully saturated rings. The summed E-state index contributed by atoms with van der Waals surface area (Å²) in [7, 11) is 1.80. The predicted molar refractivity (Wildman–Crippen MR) is 84.8 cm³/mol. The van der Waals surface area contributed by atoms with Crippen LogP contribution in [-0.4, -0.2) is 17.0 Å². The average Bonchev–Trinajstić information content (AvgIpc) is 2.77. The van der Waals surface area contributed by atoms with Crippen LogP contribution in [0.2, 0.25) is 0 Å². The molecule has 0 amide bonds. The number of fused-ring (bicyclic) bond motifs is 1. The number of hydrogen-bond acceptors (Lipinski definition) is 4. The Balaban J connectivity index is 2.32. The van der Waals surface area contributed by atoms with Crippen molar-refractivity contribution in [2.24, 2.45) is 0 Å². The molecule has 0 aliphatic rings. The minimum atomic E-state index is -0.339. The lowest BCUT2D eigenvalue weighted by Crippen LogP contribution is -1.99. The number of anilines is 1. The standard InChI is InChI=1S/C14H11BrFN3S/c1-7-6-8-12(17-2)18-13(19-14(8)20-7)11-9(15)4-3-5-10(11)16/h3-6H,1-2H3,(H,17,18,19). The zero-order valence-electron chi connectivity index (χ0n) is 10.9. The molecule has 0 saturated carbocycles. The van der Waals surface area contributed by atoms with E-state index in [1.807, 2.05) is 13.0 Å². The van der Waals surface area contributed by atoms with Gasteiger partial charge in [0.1, 0.15) is 16.5 Å². The van der Waals surface area contributed by atoms with Gasteiger partial charge in [-0.2, -0.15) is 0 Å². The van der Waals surface area contributed by atoms with Gasteiger partial charge >= 0.3 is 0 Å². The molecule has 0 bridgehead atoms. The number of hydrogen-bond donors (Lipinski definition) is 1. The summed E-state index contributed by atoms with van der Waals surface area (Å²) in [5, 5.41) is 4.01. The summed E-state index contributed by atoms with van der Waals surface area (Å²) in [5.41, 5.74) is 0.386. The molecule has 2 heterocycles. The summed E-state index contributed by atoms with van der Waals surface area (Å²) < 4.78 is 14.7. The van der Waals surface area contributed by atoms with Crippen molar-refractivity contribution in [3.05, 3.63) is 39.4 Å². The number of halogens is 2. The van der Waals surface area contributed by atoms with E-state index in [0.29, 0.717) is 21.7 Å². The van der Waals surface area contributed by atoms with E-state index in [1.54, 1.807) is 30.5 Å². The van der Waals surface area contributed by atoms with Crippen molar-refractivity contribution < 1.29 is 4.39 Å². The van der Waals surface area contributed by atoms with E-state index >= 15 is 0 Å². The molecule has 3 aromatic rings. The number of thiophene rings is 1. The number of benzene rings is 1. The third kappa shape index (κ3) is 2.19. The Labute approximate surface area is 128 Å². The largest absolute Gasteiger partial charge is 0.372 e. The summed E-state index contributed by atoms with van der Waals surface area (Å²) in [6.07, 6.45) is 0. The summed E-state index contributed by atoms with van der Waals surface area (Å²) in [4.78, 5) is 10.9. The first kappa shape index (κ1) is 13.5. The molecule has 0 radical (unpaired) electrons. The SMILES string of the molecule is CNc1nc(-c2c(F)cccc2Br)nc2sc(C)cc12. The number of aryl methyl sites for hydroxylation is 1. The zero-order chi connectivity index (χ0) is 14.3. The van der Waals surface area contributed by atoms with E-state index in [2.05, 4.69) is 31.2 Å². The second-order valence-electron chi connectivity index (χ2n) is 4.32. The maximum Gasteiger partial charge on any atom is 0.167 e. The van der Waals surface area contributed by atoms with Gasteiger partial charge in [0.15, 0.2) is 5.82 Å². The fourth-order valence-electron chi connectivity index (χ4n) is 2.06. The van der Waals surface area contributed by atoms with Crippen LogP contribution in [0.4, 0.5) is 10.2 Å². The Morgan fingerprint density at radius 2 is 2.10 bits per heavy atom. The van der Waals surface area contributed by atoms with E-state index in [0.717, 1.165) is 15.1 Å². The Kier molecular flexibility index (Phi) is 3.43. The highest BCUT2D eigenvalue weighted by atomic mass is 79.9. The van der Waals surface area contributed by atoms with Gasteiger partial charge in [-0.3, -0.25) is 0 Å². The van der Waals surface area contributed by atoms with Crippen LogP contribution in [0.3, 0.4) is 0 Å². The van der Waals surface area contributed by atoms with Gasteiger partial charge in [0.2, 0.25) is 0 Å². The van der Waals surface area contributed by atoms with Gasteiger partial charge < -0.3 is 5.32 Å². The van der Waals surface area contributed by atoms with Gasteiger partial charge in [-0.1, -0.05) is 6.07 Å². The van der Waals surface area contributed by atoms with Crippen LogP contribution >= 0.6 is 27.3 Å². The van der Waals surface area contributed by atoms with Crippen LogP contribution < -0.4 is 5.32 Å². The molecular weight excluding hydrogens is 341 g/mol. The Morgan fingerprint density at radius 3 is 2.80 bits per heavy atom. The fourth-order valence-corrected chi connectivity index (χ4v) is 3.45. The summed E-state index contributed by atoms with van der Waals surface area (Å²) in [6, 6.07) is 6.87. The lowest BCUT2D eigenvalue weighted by molar-refractivity contribution is 0.629. The van der Waals surface area contributed by atoms with Gasteiger partial charge in [0.05, 0.1) is 10.9 Å². The van der Waals surface area contributed by atoms with Crippen molar-refractivity contribution in [2.75, 3.05) is 12.4 Å². The average molecular weight is 352 g/mol. The first-order chi connectivity index (χ1) is 9.60. The van der Waals surface area contributed by atoms with Gasteiger partial charge in [0.25, 0.3) is 0 Å². The van der Waals surface area contributed by atoms with Crippen LogP contribution in [-0.2, 0) is 0 Å². The molecule has 0 aliphatic heterocycles. The molecule has 0 atom stereocenters. The Hall–Kier alpha value is -1.53. The van der Waals surface area contributed by atoms with Gasteiger partial charge in [0, 0.05) is 16.4 Å². The van der Waals surface area contributed by atoms with E-state index in [9.17, 15) is 4.39 Å². The van der Waals surface area contributed by atoms with Crippen LogP contribution in [0.1, 0.15) is 4.88 Å². The van der Waals surface area contributed by atoms with Gasteiger partial charge in [-0.15, -0.1) is 11.3 Å². The van der Waals surface area contributed by atoms with Crippen LogP contribution in [0.5, 0.6) is 0 Å². The third-order valence-corrected chi connectivity index (χ3v) is 4.54. The molecule has 1 aromatic carbocycles. The zero-order valence-corrected chi connectivity index (χ0v) is 13.3. The summed E-state index contributed by atoms with van der Waals surface area (Å²) in [5.74, 6) is 0.757. The Morgan fingerprint density at radius 1 is 1.30 bits per heavy atom. The molecule has 0 aliphatic carbocycles. The minimum absolute atomic E-state index is 0.339. The fraction of sp³-hybridized carbons (Fsp3) is 0.143. The molecule has 0 spiro atoms. The molecule has 20 heavy (non-hydrogen) atoms. The topological polar surface area (TPSA) is 37.8 Å². The lowest BCUT2D eigenvalue weighted by Gasteiger charge is -2.07. The second-order valence-corrected chi connectivity index (χ2v) is 6.41. The Bertz CT molecular complexity index is 780. The molecule has 6 heteroatoms. The highest BCUT2D eigenvalue weighted by molar-refractivity contribution is 9.10. The lowest BCUT2D eigenvalue weighted by atomic mass is 10.2. The highest BCUT2D eigenvalue weighted by Gasteiger charge is 2.16. The summed E-state index contributed by atoms with van der Waals surface area (Å²) >= 11 is 4.94. The monoisotopic (exact) mass is 351 g/mol. The van der Waals surface area contributed by atoms with E-state index < -0.39 is 0 Å². The van der Waals surface area contributed by atoms with Crippen LogP contribution in [0.25, 0.3) is 21.6 Å². The molecular formula is C14H11BrFN3S. The molecule has 0 saturated heterocycles.